The molecule has 25 heteroatoms. The van der Waals surface area contributed by atoms with Gasteiger partial charge < -0.3 is 57.8 Å². The lowest BCUT2D eigenvalue weighted by atomic mass is 10.0. The minimum absolute atomic E-state index is 0.0331. The maximum atomic E-state index is 11.5. The molecular weight excluding hydrogens is 1550 g/mol. The first kappa shape index (κ1) is 87.1. The van der Waals surface area contributed by atoms with Gasteiger partial charge in [-0.1, -0.05) is 172 Å². The second-order valence-electron chi connectivity index (χ2n) is 27.7. The minimum atomic E-state index is -3.18. The van der Waals surface area contributed by atoms with Gasteiger partial charge in [0.05, 0.1) is 112 Å². The molecule has 0 bridgehead atoms. The summed E-state index contributed by atoms with van der Waals surface area (Å²) in [6.45, 7) is 27.6. The Labute approximate surface area is 698 Å². The van der Waals surface area contributed by atoms with Crippen LogP contribution in [-0.2, 0) is 38.6 Å². The van der Waals surface area contributed by atoms with Crippen LogP contribution in [0.1, 0.15) is 16.7 Å². The molecule has 6 amide bonds. The molecule has 119 heavy (non-hydrogen) atoms. The average molecular weight is 1640 g/mol. The normalized spacial score (nSPS) is 14.5. The van der Waals surface area contributed by atoms with Gasteiger partial charge in [0.15, 0.2) is 9.84 Å². The Kier molecular flexibility index (Phi) is 31.0. The predicted molar refractivity (Wildman–Crippen MR) is 454 cm³/mol. The van der Waals surface area contributed by atoms with Gasteiger partial charge in [-0.15, -0.1) is 0 Å². The fraction of sp³-hybridized carbons (Fsp3) is 0.202. The first-order chi connectivity index (χ1) is 57.5. The largest absolute Gasteiger partial charge is 0.487 e. The third-order valence-electron chi connectivity index (χ3n) is 19.2. The predicted octanol–water partition coefficient (Wildman–Crippen LogP) is 13.4. The molecule has 6 aliphatic rings. The van der Waals surface area contributed by atoms with Crippen LogP contribution >= 0.6 is 11.6 Å². The second-order valence-corrected chi connectivity index (χ2v) is 30.1. The van der Waals surface area contributed by atoms with Crippen molar-refractivity contribution < 1.29 is 65.6 Å². The number of amides is 6. The monoisotopic (exact) mass is 1630 g/mol. The van der Waals surface area contributed by atoms with E-state index in [0.29, 0.717) is 117 Å². The van der Waals surface area contributed by atoms with Crippen LogP contribution in [0.2, 0.25) is 5.02 Å². The summed E-state index contributed by atoms with van der Waals surface area (Å²) in [5.74, 6) is 3.77. The quantitative estimate of drug-likeness (QED) is 0.0570. The Morgan fingerprint density at radius 2 is 0.655 bits per heavy atom. The summed E-state index contributed by atoms with van der Waals surface area (Å²) in [6.07, 6.45) is 9.01. The molecule has 23 nitrogen and oxygen atoms in total. The van der Waals surface area contributed by atoms with E-state index in [2.05, 4.69) is 94.1 Å². The summed E-state index contributed by atoms with van der Waals surface area (Å²) in [7, 11) is -3.18. The molecular formula is C94H88ClN9O14S. The number of nitrogens with zero attached hydrogens (tertiary/aromatic N) is 9. The summed E-state index contributed by atoms with van der Waals surface area (Å²) < 4.78 is 57.3. The van der Waals surface area contributed by atoms with E-state index in [4.69, 9.17) is 50.5 Å². The van der Waals surface area contributed by atoms with Crippen molar-refractivity contribution >= 4 is 56.9 Å². The molecule has 0 aromatic heterocycles. The van der Waals surface area contributed by atoms with Gasteiger partial charge in [0.25, 0.3) is 0 Å². The standard InChI is InChI=1S/C19H15ClN2O2.2C18H17NO2.2C13H12N2O2.C13H15NO4S/c1-2-19(23)22-11-16(12-22)24-15-8-13(10-21)7-14(9-15)17-5-3-4-6-18(17)20;1-2-18(20)19-12-15(13-19)21-17-11-7-6-10-16(17)14-8-4-3-5-9-14;1-2-18(20)19-12-17(13-19)21-16-10-8-15(9-11-16)14-6-4-3-5-7-14;1-2-13(16)15-8-12(9-15)17-11-5-3-10(7-14)4-6-11;1-2-13(16)15-8-11(9-15)17-12-6-4-3-5-10(12)7-14;1-3-13(15)14-8-11(9-14)18-10-4-6-12(7-5-10)19(2,16)17/h2-9,16H,1,11-12H2;2-11,15H,1,12-13H2;2-11,17H,1,12-13H2;2-6,12H,1,8-9H2;2-6,11H,1,8-9H2;3-7,11H,1,8-9H2,2H3. The van der Waals surface area contributed by atoms with Crippen molar-refractivity contribution in [2.75, 3.05) is 84.8 Å². The van der Waals surface area contributed by atoms with E-state index in [1.807, 2.05) is 103 Å². The highest BCUT2D eigenvalue weighted by atomic mass is 35.5. The Hall–Kier alpha value is -14.3. The van der Waals surface area contributed by atoms with E-state index in [-0.39, 0.29) is 77.0 Å². The van der Waals surface area contributed by atoms with Crippen molar-refractivity contribution in [1.82, 2.24) is 29.4 Å². The zero-order chi connectivity index (χ0) is 85.0. The van der Waals surface area contributed by atoms with Crippen LogP contribution < -0.4 is 28.4 Å². The molecule has 15 rings (SSSR count). The number of sulfone groups is 1. The van der Waals surface area contributed by atoms with Crippen molar-refractivity contribution in [2.24, 2.45) is 0 Å². The number of ether oxygens (including phenoxy) is 6. The number of carbonyl (C=O) groups is 6. The molecule has 6 fully saturated rings. The topological polar surface area (TPSA) is 283 Å². The number of para-hydroxylation sites is 2. The van der Waals surface area contributed by atoms with Crippen LogP contribution in [0.15, 0.2) is 305 Å². The van der Waals surface area contributed by atoms with Gasteiger partial charge in [0, 0.05) is 22.4 Å². The van der Waals surface area contributed by atoms with Crippen LogP contribution in [0.4, 0.5) is 0 Å². The Morgan fingerprint density at radius 1 is 0.336 bits per heavy atom. The molecule has 0 N–H and O–H groups in total. The molecule has 0 spiro atoms. The molecule has 6 aliphatic heterocycles. The fourth-order valence-electron chi connectivity index (χ4n) is 12.5. The van der Waals surface area contributed by atoms with Crippen LogP contribution in [0, 0.1) is 34.0 Å². The van der Waals surface area contributed by atoms with E-state index in [0.717, 1.165) is 45.8 Å². The van der Waals surface area contributed by atoms with Gasteiger partial charge >= 0.3 is 0 Å². The average Bonchev–Trinajstić information content (AvgIpc) is 0.803. The third kappa shape index (κ3) is 24.6. The van der Waals surface area contributed by atoms with Crippen LogP contribution in [-0.4, -0.2) is 195 Å². The number of likely N-dealkylation sites (tertiary alicyclic amines) is 6. The lowest BCUT2D eigenvalue weighted by Gasteiger charge is -2.38. The fourth-order valence-corrected chi connectivity index (χ4v) is 13.3. The van der Waals surface area contributed by atoms with Gasteiger partial charge in [-0.2, -0.15) is 15.8 Å². The molecule has 6 heterocycles. The molecule has 0 saturated carbocycles. The van der Waals surface area contributed by atoms with Gasteiger partial charge in [-0.3, -0.25) is 28.8 Å². The van der Waals surface area contributed by atoms with Crippen molar-refractivity contribution in [2.45, 2.75) is 41.5 Å². The lowest BCUT2D eigenvalue weighted by molar-refractivity contribution is -0.135. The number of benzene rings is 9. The molecule has 9 aromatic carbocycles. The summed E-state index contributed by atoms with van der Waals surface area (Å²) in [6, 6.07) is 75.8. The highest BCUT2D eigenvalue weighted by Crippen LogP contribution is 2.35. The van der Waals surface area contributed by atoms with Crippen molar-refractivity contribution in [1.29, 1.82) is 15.8 Å². The Balaban J connectivity index is 0.000000151. The summed E-state index contributed by atoms with van der Waals surface area (Å²) in [5, 5.41) is 27.4. The summed E-state index contributed by atoms with van der Waals surface area (Å²) in [4.78, 5) is 78.2. The third-order valence-corrected chi connectivity index (χ3v) is 20.7. The molecule has 6 saturated heterocycles. The summed E-state index contributed by atoms with van der Waals surface area (Å²) >= 11 is 6.24. The number of halogens is 1. The van der Waals surface area contributed by atoms with Gasteiger partial charge in [-0.05, 0) is 162 Å². The smallest absolute Gasteiger partial charge is 0.246 e. The van der Waals surface area contributed by atoms with Crippen LogP contribution in [0.5, 0.6) is 34.5 Å². The zero-order valence-electron chi connectivity index (χ0n) is 65.5. The number of hydrogen-bond acceptors (Lipinski definition) is 17. The maximum absolute atomic E-state index is 11.5. The van der Waals surface area contributed by atoms with Crippen molar-refractivity contribution in [3.63, 3.8) is 0 Å². The molecule has 0 radical (unpaired) electrons. The van der Waals surface area contributed by atoms with Gasteiger partial charge in [-0.25, -0.2) is 8.42 Å². The Morgan fingerprint density at radius 3 is 1.04 bits per heavy atom. The number of nitriles is 3. The molecule has 0 unspecified atom stereocenters. The first-order valence-electron chi connectivity index (χ1n) is 37.9. The van der Waals surface area contributed by atoms with E-state index in [9.17, 15) is 42.4 Å². The van der Waals surface area contributed by atoms with Gasteiger partial charge in [0.1, 0.15) is 77.2 Å². The SMILES string of the molecule is C=CC(=O)N1CC(Oc2cc(C#N)cc(-c3ccccc3Cl)c2)C1.C=CC(=O)N1CC(Oc2ccc(-c3ccccc3)cc2)C1.C=CC(=O)N1CC(Oc2ccc(C#N)cc2)C1.C=CC(=O)N1CC(Oc2ccc(S(C)(=O)=O)cc2)C1.C=CC(=O)N1CC(Oc2ccccc2-c2ccccc2)C1.C=CC(=O)N1CC(Oc2ccccc2C#N)C1. The lowest BCUT2D eigenvalue weighted by Crippen LogP contribution is -2.55. The van der Waals surface area contributed by atoms with E-state index >= 15 is 0 Å². The van der Waals surface area contributed by atoms with E-state index < -0.39 is 9.84 Å². The minimum Gasteiger partial charge on any atom is -0.487 e. The zero-order valence-corrected chi connectivity index (χ0v) is 67.1. The maximum Gasteiger partial charge on any atom is 0.246 e. The van der Waals surface area contributed by atoms with Crippen molar-refractivity contribution in [3.8, 4) is 86.1 Å². The molecule has 9 aromatic rings. The first-order valence-corrected chi connectivity index (χ1v) is 40.2. The highest BCUT2D eigenvalue weighted by Gasteiger charge is 2.36. The second kappa shape index (κ2) is 42.4. The van der Waals surface area contributed by atoms with E-state index in [1.165, 1.54) is 59.7 Å². The summed E-state index contributed by atoms with van der Waals surface area (Å²) in [5.41, 5.74) is 7.86. The number of hydrogen-bond donors (Lipinski definition) is 0. The number of carbonyl (C=O) groups excluding carboxylic acids is 6. The highest BCUT2D eigenvalue weighted by molar-refractivity contribution is 7.90. The van der Waals surface area contributed by atoms with Gasteiger partial charge in [0.2, 0.25) is 35.4 Å². The van der Waals surface area contributed by atoms with E-state index in [1.54, 1.807) is 102 Å². The molecule has 0 atom stereocenters. The number of rotatable bonds is 22. The molecule has 0 aliphatic carbocycles. The molecule has 606 valence electrons. The van der Waals surface area contributed by atoms with Crippen LogP contribution in [0.3, 0.4) is 0 Å². The Bertz CT molecular complexity index is 5370. The van der Waals surface area contributed by atoms with Crippen LogP contribution in [0.25, 0.3) is 33.4 Å². The van der Waals surface area contributed by atoms with Crippen molar-refractivity contribution in [3.05, 3.63) is 322 Å².